The van der Waals surface area contributed by atoms with Crippen LogP contribution in [0.5, 0.6) is 0 Å². The predicted molar refractivity (Wildman–Crippen MR) is 116 cm³/mol. The molecule has 2 aromatic rings. The molecule has 146 valence electrons. The molecule has 0 radical (unpaired) electrons. The summed E-state index contributed by atoms with van der Waals surface area (Å²) in [5.74, 6) is 0.0473. The van der Waals surface area contributed by atoms with Crippen LogP contribution in [0.2, 0.25) is 0 Å². The Bertz CT molecular complexity index is 910. The molecular weight excluding hydrogens is 346 g/mol. The van der Waals surface area contributed by atoms with Crippen LogP contribution in [-0.2, 0) is 4.79 Å². The number of likely N-dealkylation sites (tertiary alicyclic amines) is 1. The molecule has 4 heteroatoms. The maximum Gasteiger partial charge on any atom is 0.251 e. The van der Waals surface area contributed by atoms with Crippen LogP contribution in [0.15, 0.2) is 48.5 Å². The van der Waals surface area contributed by atoms with Crippen molar-refractivity contribution in [3.8, 4) is 11.1 Å². The summed E-state index contributed by atoms with van der Waals surface area (Å²) < 4.78 is 0. The first-order chi connectivity index (χ1) is 13.5. The van der Waals surface area contributed by atoms with Crippen molar-refractivity contribution >= 4 is 17.2 Å². The number of anilines is 1. The van der Waals surface area contributed by atoms with Gasteiger partial charge in [-0.15, -0.1) is 0 Å². The predicted octanol–water partition coefficient (Wildman–Crippen LogP) is 4.07. The van der Waals surface area contributed by atoms with E-state index in [0.29, 0.717) is 0 Å². The Labute approximate surface area is 167 Å². The average molecular weight is 376 g/mol. The third-order valence-electron chi connectivity index (χ3n) is 5.86. The van der Waals surface area contributed by atoms with Gasteiger partial charge in [0.1, 0.15) is 0 Å². The Kier molecular flexibility index (Phi) is 5.23. The van der Waals surface area contributed by atoms with Gasteiger partial charge in [-0.25, -0.2) is 0 Å². The smallest absolute Gasteiger partial charge is 0.251 e. The molecule has 0 bridgehead atoms. The molecule has 1 unspecified atom stereocenters. The molecule has 2 N–H and O–H groups in total. The number of carbonyl (C=O) groups is 1. The first-order valence-corrected chi connectivity index (χ1v) is 10.2. The van der Waals surface area contributed by atoms with Crippen molar-refractivity contribution in [2.24, 2.45) is 0 Å². The summed E-state index contributed by atoms with van der Waals surface area (Å²) in [4.78, 5) is 15.5. The number of benzene rings is 2. The molecule has 0 aromatic heterocycles. The summed E-state index contributed by atoms with van der Waals surface area (Å²) >= 11 is 0. The molecule has 2 aliphatic rings. The highest BCUT2D eigenvalue weighted by molar-refractivity contribution is 6.22. The molecule has 0 saturated carbocycles. The van der Waals surface area contributed by atoms with E-state index >= 15 is 0 Å². The summed E-state index contributed by atoms with van der Waals surface area (Å²) in [5, 5.41) is 6.76. The summed E-state index contributed by atoms with van der Waals surface area (Å²) in [6, 6.07) is 15.2. The van der Waals surface area contributed by atoms with Crippen LogP contribution in [0, 0.1) is 6.92 Å². The Morgan fingerprint density at radius 3 is 2.61 bits per heavy atom. The highest BCUT2D eigenvalue weighted by Gasteiger charge is 2.25. The van der Waals surface area contributed by atoms with Crippen LogP contribution in [0.3, 0.4) is 0 Å². The minimum Gasteiger partial charge on any atom is -0.379 e. The molecule has 0 aliphatic carbocycles. The highest BCUT2D eigenvalue weighted by atomic mass is 16.1. The summed E-state index contributed by atoms with van der Waals surface area (Å²) in [6.45, 7) is 6.28. The van der Waals surface area contributed by atoms with Gasteiger partial charge in [0.15, 0.2) is 0 Å². The van der Waals surface area contributed by atoms with Gasteiger partial charge >= 0.3 is 0 Å². The van der Waals surface area contributed by atoms with Crippen LogP contribution in [0.4, 0.5) is 5.69 Å². The number of carbonyl (C=O) groups excluding carboxylic acids is 1. The van der Waals surface area contributed by atoms with Crippen molar-refractivity contribution in [1.82, 2.24) is 10.2 Å². The molecular formula is C24H29N3O. The molecule has 2 aliphatic heterocycles. The topological polar surface area (TPSA) is 44.4 Å². The highest BCUT2D eigenvalue weighted by Crippen LogP contribution is 2.34. The van der Waals surface area contributed by atoms with E-state index in [1.165, 1.54) is 11.1 Å². The normalized spacial score (nSPS) is 20.1. The first kappa shape index (κ1) is 18.8. The van der Waals surface area contributed by atoms with Crippen LogP contribution in [0.1, 0.15) is 30.9 Å². The number of fused-ring (bicyclic) bond motifs is 1. The number of piperidine rings is 1. The van der Waals surface area contributed by atoms with Crippen LogP contribution < -0.4 is 10.6 Å². The molecule has 0 spiro atoms. The summed E-state index contributed by atoms with van der Waals surface area (Å²) in [7, 11) is 2.14. The van der Waals surface area contributed by atoms with E-state index in [-0.39, 0.29) is 18.0 Å². The van der Waals surface area contributed by atoms with Gasteiger partial charge in [0, 0.05) is 28.9 Å². The second-order valence-electron chi connectivity index (χ2n) is 8.14. The van der Waals surface area contributed by atoms with Gasteiger partial charge in [0.2, 0.25) is 0 Å². The van der Waals surface area contributed by atoms with Crippen molar-refractivity contribution in [2.45, 2.75) is 38.8 Å². The fourth-order valence-corrected chi connectivity index (χ4v) is 4.20. The van der Waals surface area contributed by atoms with Gasteiger partial charge < -0.3 is 15.5 Å². The Balaban J connectivity index is 1.63. The molecule has 2 aromatic carbocycles. The van der Waals surface area contributed by atoms with Gasteiger partial charge in [-0.3, -0.25) is 4.79 Å². The van der Waals surface area contributed by atoms with Gasteiger partial charge in [-0.2, -0.15) is 0 Å². The largest absolute Gasteiger partial charge is 0.379 e. The van der Waals surface area contributed by atoms with Crippen molar-refractivity contribution < 1.29 is 4.79 Å². The first-order valence-electron chi connectivity index (χ1n) is 10.2. The number of nitrogens with one attached hydrogen (secondary N) is 2. The number of nitrogens with zero attached hydrogens (tertiary/aromatic N) is 1. The van der Waals surface area contributed by atoms with E-state index in [1.807, 2.05) is 6.08 Å². The fraction of sp³-hybridized carbons (Fsp3) is 0.375. The van der Waals surface area contributed by atoms with E-state index in [2.05, 4.69) is 78.9 Å². The molecule has 1 amide bonds. The zero-order valence-corrected chi connectivity index (χ0v) is 17.0. The van der Waals surface area contributed by atoms with Crippen LogP contribution >= 0.6 is 0 Å². The monoisotopic (exact) mass is 375 g/mol. The Morgan fingerprint density at radius 2 is 1.86 bits per heavy atom. The number of aryl methyl sites for hydroxylation is 1. The van der Waals surface area contributed by atoms with E-state index in [4.69, 9.17) is 0 Å². The second kappa shape index (κ2) is 7.80. The van der Waals surface area contributed by atoms with Crippen LogP contribution in [0.25, 0.3) is 16.7 Å². The lowest BCUT2D eigenvalue weighted by Gasteiger charge is -2.31. The minimum absolute atomic E-state index is 0.0473. The quantitative estimate of drug-likeness (QED) is 0.850. The minimum atomic E-state index is 0.0473. The van der Waals surface area contributed by atoms with E-state index in [1.54, 1.807) is 0 Å². The average Bonchev–Trinajstić information content (AvgIpc) is 2.69. The number of amides is 1. The lowest BCUT2D eigenvalue weighted by molar-refractivity contribution is -0.116. The molecule has 1 saturated heterocycles. The van der Waals surface area contributed by atoms with Crippen molar-refractivity contribution in [3.05, 3.63) is 59.7 Å². The van der Waals surface area contributed by atoms with E-state index in [0.717, 1.165) is 48.3 Å². The van der Waals surface area contributed by atoms with E-state index in [9.17, 15) is 4.79 Å². The number of hydrogen-bond acceptors (Lipinski definition) is 3. The lowest BCUT2D eigenvalue weighted by atomic mass is 9.91. The summed E-state index contributed by atoms with van der Waals surface area (Å²) in [6.07, 6.45) is 4.08. The zero-order chi connectivity index (χ0) is 19.7. The molecule has 4 nitrogen and oxygen atoms in total. The standard InChI is InChI=1S/C24H29N3O/c1-16-6-4-5-7-20(16)18-8-9-23-21(15-18)22(14-17(2)25-23)24(28)26-19-10-12-27(3)13-11-19/h4-9,14-15,17,19,25H,10-13H2,1-3H3,(H,26,28). The Morgan fingerprint density at radius 1 is 1.11 bits per heavy atom. The number of hydrogen-bond donors (Lipinski definition) is 2. The van der Waals surface area contributed by atoms with Crippen molar-refractivity contribution in [3.63, 3.8) is 0 Å². The molecule has 28 heavy (non-hydrogen) atoms. The van der Waals surface area contributed by atoms with Gasteiger partial charge in [-0.1, -0.05) is 30.3 Å². The molecule has 2 heterocycles. The fourth-order valence-electron chi connectivity index (χ4n) is 4.20. The van der Waals surface area contributed by atoms with Crippen molar-refractivity contribution in [2.75, 3.05) is 25.5 Å². The maximum atomic E-state index is 13.2. The number of rotatable bonds is 3. The SMILES string of the molecule is Cc1ccccc1-c1ccc2c(c1)C(C(=O)NC1CCN(C)CC1)=CC(C)N2. The molecule has 1 atom stereocenters. The lowest BCUT2D eigenvalue weighted by Crippen LogP contribution is -2.44. The molecule has 4 rings (SSSR count). The van der Waals surface area contributed by atoms with E-state index < -0.39 is 0 Å². The van der Waals surface area contributed by atoms with Gasteiger partial charge in [0.25, 0.3) is 5.91 Å². The van der Waals surface area contributed by atoms with Gasteiger partial charge in [0.05, 0.1) is 0 Å². The van der Waals surface area contributed by atoms with Crippen molar-refractivity contribution in [1.29, 1.82) is 0 Å². The maximum absolute atomic E-state index is 13.2. The third-order valence-corrected chi connectivity index (χ3v) is 5.86. The zero-order valence-electron chi connectivity index (χ0n) is 17.0. The van der Waals surface area contributed by atoms with Crippen LogP contribution in [-0.4, -0.2) is 43.0 Å². The van der Waals surface area contributed by atoms with Gasteiger partial charge in [-0.05, 0) is 81.7 Å². The molecule has 1 fully saturated rings. The Hall–Kier alpha value is -2.59. The third kappa shape index (κ3) is 3.83. The second-order valence-corrected chi connectivity index (χ2v) is 8.14. The summed E-state index contributed by atoms with van der Waals surface area (Å²) in [5.41, 5.74) is 6.40.